The van der Waals surface area contributed by atoms with Crippen LogP contribution in [0.5, 0.6) is 5.75 Å². The topological polar surface area (TPSA) is 117 Å². The molecular weight excluding hydrogens is 436 g/mol. The average Bonchev–Trinajstić information content (AvgIpc) is 3.03. The third-order valence-electron chi connectivity index (χ3n) is 7.29. The van der Waals surface area contributed by atoms with E-state index in [0.29, 0.717) is 36.7 Å². The molecule has 186 valence electrons. The van der Waals surface area contributed by atoms with Crippen molar-refractivity contribution in [2.24, 2.45) is 11.3 Å². The van der Waals surface area contributed by atoms with E-state index in [4.69, 9.17) is 4.74 Å². The zero-order chi connectivity index (χ0) is 24.9. The lowest BCUT2D eigenvalue weighted by Gasteiger charge is -2.42. The number of nitrogens with zero attached hydrogens (tertiary/aromatic N) is 1. The number of rotatable bonds is 9. The number of urea groups is 1. The number of nitrogens with one attached hydrogen (secondary N) is 3. The van der Waals surface area contributed by atoms with Crippen molar-refractivity contribution in [1.82, 2.24) is 15.5 Å². The second-order valence-electron chi connectivity index (χ2n) is 9.83. The minimum absolute atomic E-state index is 0.0931. The predicted octanol–water partition coefficient (Wildman–Crippen LogP) is 3.06. The van der Waals surface area contributed by atoms with Crippen LogP contribution in [-0.4, -0.2) is 53.9 Å². The SMILES string of the molecule is CCNC(=O)COc1ccc(NC(=O)CN2C(=O)NC3(CCC(C(C)(C)CC)CC3)C2=O)cc1. The van der Waals surface area contributed by atoms with Crippen LogP contribution < -0.4 is 20.7 Å². The van der Waals surface area contributed by atoms with Gasteiger partial charge in [0.05, 0.1) is 0 Å². The van der Waals surface area contributed by atoms with Crippen molar-refractivity contribution >= 4 is 29.4 Å². The number of imide groups is 1. The molecule has 9 nitrogen and oxygen atoms in total. The van der Waals surface area contributed by atoms with Gasteiger partial charge in [0.15, 0.2) is 6.61 Å². The third kappa shape index (κ3) is 5.69. The Morgan fingerprint density at radius 3 is 2.35 bits per heavy atom. The van der Waals surface area contributed by atoms with Crippen LogP contribution in [0, 0.1) is 11.3 Å². The van der Waals surface area contributed by atoms with E-state index in [1.165, 1.54) is 0 Å². The van der Waals surface area contributed by atoms with Gasteiger partial charge in [-0.05, 0) is 68.2 Å². The highest BCUT2D eigenvalue weighted by Crippen LogP contribution is 2.45. The second kappa shape index (κ2) is 10.4. The standard InChI is InChI=1S/C25H36N4O5/c1-5-24(3,4)17-11-13-25(14-12-17)22(32)29(23(33)28-25)15-20(30)27-18-7-9-19(10-8-18)34-16-21(31)26-6-2/h7-10,17H,5-6,11-16H2,1-4H3,(H,26,31)(H,27,30)(H,28,33). The summed E-state index contributed by atoms with van der Waals surface area (Å²) < 4.78 is 5.38. The van der Waals surface area contributed by atoms with Gasteiger partial charge in [0, 0.05) is 12.2 Å². The van der Waals surface area contributed by atoms with Crippen LogP contribution in [0.25, 0.3) is 0 Å². The summed E-state index contributed by atoms with van der Waals surface area (Å²) in [5.41, 5.74) is -0.185. The van der Waals surface area contributed by atoms with Crippen molar-refractivity contribution in [3.8, 4) is 5.75 Å². The van der Waals surface area contributed by atoms with Gasteiger partial charge >= 0.3 is 6.03 Å². The van der Waals surface area contributed by atoms with E-state index in [1.54, 1.807) is 24.3 Å². The molecule has 0 unspecified atom stereocenters. The van der Waals surface area contributed by atoms with Crippen molar-refractivity contribution in [1.29, 1.82) is 0 Å². The van der Waals surface area contributed by atoms with Gasteiger partial charge < -0.3 is 20.7 Å². The number of anilines is 1. The number of hydrogen-bond donors (Lipinski definition) is 3. The number of amides is 5. The fourth-order valence-corrected chi connectivity index (χ4v) is 4.72. The van der Waals surface area contributed by atoms with Crippen LogP contribution in [0.3, 0.4) is 0 Å². The largest absolute Gasteiger partial charge is 0.484 e. The summed E-state index contributed by atoms with van der Waals surface area (Å²) in [6.45, 7) is 8.61. The normalized spacial score (nSPS) is 22.5. The van der Waals surface area contributed by atoms with Gasteiger partial charge in [0.2, 0.25) is 5.91 Å². The van der Waals surface area contributed by atoms with E-state index in [9.17, 15) is 19.2 Å². The van der Waals surface area contributed by atoms with Gasteiger partial charge in [-0.2, -0.15) is 0 Å². The number of carbonyl (C=O) groups excluding carboxylic acids is 4. The molecule has 9 heteroatoms. The van der Waals surface area contributed by atoms with Gasteiger partial charge in [-0.1, -0.05) is 27.2 Å². The Labute approximate surface area is 201 Å². The molecule has 34 heavy (non-hydrogen) atoms. The maximum atomic E-state index is 13.1. The third-order valence-corrected chi connectivity index (χ3v) is 7.29. The lowest BCUT2D eigenvalue weighted by Crippen LogP contribution is -2.51. The van der Waals surface area contributed by atoms with Gasteiger partial charge in [0.1, 0.15) is 17.8 Å². The van der Waals surface area contributed by atoms with Crippen molar-refractivity contribution in [2.75, 3.05) is 25.0 Å². The van der Waals surface area contributed by atoms with Gasteiger partial charge in [-0.25, -0.2) is 4.79 Å². The van der Waals surface area contributed by atoms with Crippen LogP contribution in [0.4, 0.5) is 10.5 Å². The molecule has 3 N–H and O–H groups in total. The highest BCUT2D eigenvalue weighted by atomic mass is 16.5. The quantitative estimate of drug-likeness (QED) is 0.478. The molecule has 1 spiro atoms. The lowest BCUT2D eigenvalue weighted by molar-refractivity contribution is -0.135. The molecule has 1 aliphatic carbocycles. The monoisotopic (exact) mass is 472 g/mol. The number of likely N-dealkylation sites (N-methyl/N-ethyl adjacent to an activating group) is 1. The molecule has 3 rings (SSSR count). The Kier molecular flexibility index (Phi) is 7.84. The van der Waals surface area contributed by atoms with E-state index in [1.807, 2.05) is 6.92 Å². The Morgan fingerprint density at radius 2 is 1.76 bits per heavy atom. The van der Waals surface area contributed by atoms with E-state index >= 15 is 0 Å². The van der Waals surface area contributed by atoms with Crippen LogP contribution in [0.2, 0.25) is 0 Å². The van der Waals surface area contributed by atoms with Crippen molar-refractivity contribution in [2.45, 2.75) is 65.3 Å². The summed E-state index contributed by atoms with van der Waals surface area (Å²) in [4.78, 5) is 50.8. The number of ether oxygens (including phenoxy) is 1. The first-order valence-electron chi connectivity index (χ1n) is 12.0. The molecule has 1 aliphatic heterocycles. The summed E-state index contributed by atoms with van der Waals surface area (Å²) in [6.07, 6.45) is 4.02. The van der Waals surface area contributed by atoms with Gasteiger partial charge in [-0.3, -0.25) is 19.3 Å². The van der Waals surface area contributed by atoms with Gasteiger partial charge in [0.25, 0.3) is 11.8 Å². The Balaban J connectivity index is 1.53. The fourth-order valence-electron chi connectivity index (χ4n) is 4.72. The lowest BCUT2D eigenvalue weighted by atomic mass is 9.65. The van der Waals surface area contributed by atoms with E-state index in [0.717, 1.165) is 24.2 Å². The zero-order valence-electron chi connectivity index (χ0n) is 20.5. The first-order chi connectivity index (χ1) is 16.1. The maximum Gasteiger partial charge on any atom is 0.325 e. The Hall–Kier alpha value is -3.10. The molecular formula is C25H36N4O5. The van der Waals surface area contributed by atoms with Crippen LogP contribution in [0.15, 0.2) is 24.3 Å². The zero-order valence-corrected chi connectivity index (χ0v) is 20.5. The molecule has 0 bridgehead atoms. The maximum absolute atomic E-state index is 13.1. The average molecular weight is 473 g/mol. The Morgan fingerprint density at radius 1 is 1.12 bits per heavy atom. The molecule has 2 fully saturated rings. The summed E-state index contributed by atoms with van der Waals surface area (Å²) in [5, 5.41) is 8.22. The molecule has 0 atom stereocenters. The molecule has 2 aliphatic rings. The molecule has 1 heterocycles. The van der Waals surface area contributed by atoms with Crippen LogP contribution in [0.1, 0.15) is 59.8 Å². The van der Waals surface area contributed by atoms with E-state index < -0.39 is 17.5 Å². The summed E-state index contributed by atoms with van der Waals surface area (Å²) in [6, 6.07) is 6.02. The molecule has 0 aromatic heterocycles. The Bertz CT molecular complexity index is 920. The van der Waals surface area contributed by atoms with Crippen molar-refractivity contribution < 1.29 is 23.9 Å². The summed E-state index contributed by atoms with van der Waals surface area (Å²) >= 11 is 0. The molecule has 1 aromatic rings. The van der Waals surface area contributed by atoms with E-state index in [-0.39, 0.29) is 30.4 Å². The minimum atomic E-state index is -0.888. The van der Waals surface area contributed by atoms with Crippen LogP contribution >= 0.6 is 0 Å². The van der Waals surface area contributed by atoms with Crippen molar-refractivity contribution in [3.63, 3.8) is 0 Å². The fraction of sp³-hybridized carbons (Fsp3) is 0.600. The smallest absolute Gasteiger partial charge is 0.325 e. The molecule has 0 radical (unpaired) electrons. The highest BCUT2D eigenvalue weighted by molar-refractivity contribution is 6.10. The first-order valence-corrected chi connectivity index (χ1v) is 12.0. The van der Waals surface area contributed by atoms with Crippen LogP contribution in [-0.2, 0) is 14.4 Å². The molecule has 1 saturated heterocycles. The summed E-state index contributed by atoms with van der Waals surface area (Å²) in [5.74, 6) is 0.0147. The molecule has 5 amide bonds. The van der Waals surface area contributed by atoms with Gasteiger partial charge in [-0.15, -0.1) is 0 Å². The first kappa shape index (κ1) is 25.5. The highest BCUT2D eigenvalue weighted by Gasteiger charge is 2.53. The predicted molar refractivity (Wildman–Crippen MR) is 128 cm³/mol. The molecule has 1 saturated carbocycles. The van der Waals surface area contributed by atoms with E-state index in [2.05, 4.69) is 36.7 Å². The summed E-state index contributed by atoms with van der Waals surface area (Å²) in [7, 11) is 0. The van der Waals surface area contributed by atoms with Crippen molar-refractivity contribution in [3.05, 3.63) is 24.3 Å². The minimum Gasteiger partial charge on any atom is -0.484 e. The molecule has 1 aromatic carbocycles. The number of carbonyl (C=O) groups is 4. The second-order valence-corrected chi connectivity index (χ2v) is 9.83. The number of benzene rings is 1. The number of hydrogen-bond acceptors (Lipinski definition) is 5.